The van der Waals surface area contributed by atoms with Crippen LogP contribution in [0.25, 0.3) is 6.08 Å². The maximum absolute atomic E-state index is 12.2. The van der Waals surface area contributed by atoms with E-state index in [2.05, 4.69) is 39.5 Å². The SMILES string of the molecule is Cl.O=C(C=Cc1ccccc1)Nc1nc2c(s1)CN(Cc1ccccc1)CC2. The summed E-state index contributed by atoms with van der Waals surface area (Å²) in [5.41, 5.74) is 3.44. The van der Waals surface area contributed by atoms with Gasteiger partial charge in [0, 0.05) is 37.0 Å². The number of anilines is 1. The lowest BCUT2D eigenvalue weighted by Crippen LogP contribution is -2.29. The molecular weight excluding hydrogens is 390 g/mol. The molecule has 0 atom stereocenters. The van der Waals surface area contributed by atoms with Gasteiger partial charge in [0.05, 0.1) is 5.69 Å². The average molecular weight is 412 g/mol. The molecule has 144 valence electrons. The Morgan fingerprint density at radius 1 is 1.11 bits per heavy atom. The van der Waals surface area contributed by atoms with Crippen LogP contribution in [-0.2, 0) is 24.3 Å². The minimum atomic E-state index is -0.147. The normalized spacial score (nSPS) is 13.7. The summed E-state index contributed by atoms with van der Waals surface area (Å²) in [6.45, 7) is 2.82. The minimum absolute atomic E-state index is 0. The van der Waals surface area contributed by atoms with E-state index in [9.17, 15) is 4.79 Å². The molecule has 1 aliphatic heterocycles. The van der Waals surface area contributed by atoms with Gasteiger partial charge in [0.1, 0.15) is 0 Å². The van der Waals surface area contributed by atoms with Gasteiger partial charge in [0.15, 0.2) is 5.13 Å². The lowest BCUT2D eigenvalue weighted by Gasteiger charge is -2.25. The third-order valence-electron chi connectivity index (χ3n) is 4.52. The van der Waals surface area contributed by atoms with Crippen molar-refractivity contribution in [3.05, 3.63) is 88.4 Å². The first kappa shape index (κ1) is 20.3. The van der Waals surface area contributed by atoms with Gasteiger partial charge in [-0.05, 0) is 17.2 Å². The molecule has 0 saturated heterocycles. The number of benzene rings is 2. The van der Waals surface area contributed by atoms with Crippen molar-refractivity contribution < 1.29 is 4.79 Å². The Morgan fingerprint density at radius 2 is 1.82 bits per heavy atom. The molecule has 4 rings (SSSR count). The van der Waals surface area contributed by atoms with Gasteiger partial charge < -0.3 is 0 Å². The largest absolute Gasteiger partial charge is 0.298 e. The number of carbonyl (C=O) groups excluding carboxylic acids is 1. The van der Waals surface area contributed by atoms with Crippen molar-refractivity contribution in [1.29, 1.82) is 0 Å². The summed E-state index contributed by atoms with van der Waals surface area (Å²) >= 11 is 1.58. The number of rotatable bonds is 5. The maximum atomic E-state index is 12.2. The van der Waals surface area contributed by atoms with Crippen LogP contribution in [0.3, 0.4) is 0 Å². The highest BCUT2D eigenvalue weighted by Crippen LogP contribution is 2.29. The molecule has 2 heterocycles. The Morgan fingerprint density at radius 3 is 2.57 bits per heavy atom. The van der Waals surface area contributed by atoms with Crippen molar-refractivity contribution in [1.82, 2.24) is 9.88 Å². The topological polar surface area (TPSA) is 45.2 Å². The van der Waals surface area contributed by atoms with Crippen molar-refractivity contribution in [2.75, 3.05) is 11.9 Å². The molecule has 1 amide bonds. The highest BCUT2D eigenvalue weighted by atomic mass is 35.5. The number of hydrogen-bond donors (Lipinski definition) is 1. The molecular formula is C22H22ClN3OS. The Hall–Kier alpha value is -2.47. The predicted octanol–water partition coefficient (Wildman–Crippen LogP) is 4.78. The Bertz CT molecular complexity index is 941. The summed E-state index contributed by atoms with van der Waals surface area (Å²) in [6, 6.07) is 20.3. The fraction of sp³-hybridized carbons (Fsp3) is 0.182. The number of halogens is 1. The third kappa shape index (κ3) is 5.29. The third-order valence-corrected chi connectivity index (χ3v) is 5.51. The number of thiazole rings is 1. The zero-order chi connectivity index (χ0) is 18.5. The van der Waals surface area contributed by atoms with Crippen molar-refractivity contribution in [3.63, 3.8) is 0 Å². The molecule has 0 unspecified atom stereocenters. The minimum Gasteiger partial charge on any atom is -0.298 e. The van der Waals surface area contributed by atoms with Gasteiger partial charge >= 0.3 is 0 Å². The molecule has 0 spiro atoms. The van der Waals surface area contributed by atoms with E-state index in [0.29, 0.717) is 5.13 Å². The van der Waals surface area contributed by atoms with Crippen LogP contribution in [-0.4, -0.2) is 22.3 Å². The summed E-state index contributed by atoms with van der Waals surface area (Å²) in [7, 11) is 0. The standard InChI is InChI=1S/C22H21N3OS.ClH/c26-21(12-11-17-7-3-1-4-8-17)24-22-23-19-13-14-25(16-20(19)27-22)15-18-9-5-2-6-10-18;/h1-12H,13-16H2,(H,23,24,26);1H. The van der Waals surface area contributed by atoms with Crippen LogP contribution in [0, 0.1) is 0 Å². The molecule has 0 aliphatic carbocycles. The van der Waals surface area contributed by atoms with Gasteiger partial charge in [0.2, 0.25) is 5.91 Å². The van der Waals surface area contributed by atoms with E-state index >= 15 is 0 Å². The van der Waals surface area contributed by atoms with E-state index in [-0.39, 0.29) is 18.3 Å². The van der Waals surface area contributed by atoms with Crippen molar-refractivity contribution in [2.24, 2.45) is 0 Å². The summed E-state index contributed by atoms with van der Waals surface area (Å²) in [4.78, 5) is 20.5. The van der Waals surface area contributed by atoms with Crippen molar-refractivity contribution in [3.8, 4) is 0 Å². The van der Waals surface area contributed by atoms with Crippen LogP contribution in [0.4, 0.5) is 5.13 Å². The molecule has 2 aromatic carbocycles. The fourth-order valence-electron chi connectivity index (χ4n) is 3.16. The van der Waals surface area contributed by atoms with Gasteiger partial charge in [-0.3, -0.25) is 15.0 Å². The second kappa shape index (κ2) is 9.64. The second-order valence-corrected chi connectivity index (χ2v) is 7.65. The van der Waals surface area contributed by atoms with Crippen molar-refractivity contribution >= 4 is 40.9 Å². The van der Waals surface area contributed by atoms with Gasteiger partial charge in [-0.15, -0.1) is 23.7 Å². The first-order valence-electron chi connectivity index (χ1n) is 9.05. The van der Waals surface area contributed by atoms with Crippen LogP contribution in [0.2, 0.25) is 0 Å². The molecule has 1 aliphatic rings. The van der Waals surface area contributed by atoms with Gasteiger partial charge in [-0.25, -0.2) is 4.98 Å². The van der Waals surface area contributed by atoms with E-state index in [1.807, 2.05) is 42.5 Å². The Balaban J connectivity index is 0.00000225. The fourth-order valence-corrected chi connectivity index (χ4v) is 4.22. The lowest BCUT2D eigenvalue weighted by molar-refractivity contribution is -0.111. The van der Waals surface area contributed by atoms with Crippen LogP contribution in [0.15, 0.2) is 66.7 Å². The Kier molecular flexibility index (Phi) is 6.98. The first-order chi connectivity index (χ1) is 13.3. The molecule has 6 heteroatoms. The summed E-state index contributed by atoms with van der Waals surface area (Å²) in [6.07, 6.45) is 4.29. The number of fused-ring (bicyclic) bond motifs is 1. The zero-order valence-corrected chi connectivity index (χ0v) is 17.0. The van der Waals surface area contributed by atoms with E-state index < -0.39 is 0 Å². The highest BCUT2D eigenvalue weighted by Gasteiger charge is 2.21. The van der Waals surface area contributed by atoms with Gasteiger partial charge in [-0.2, -0.15) is 0 Å². The molecule has 4 nitrogen and oxygen atoms in total. The number of hydrogen-bond acceptors (Lipinski definition) is 4. The zero-order valence-electron chi connectivity index (χ0n) is 15.4. The van der Waals surface area contributed by atoms with Gasteiger partial charge in [-0.1, -0.05) is 60.7 Å². The molecule has 0 radical (unpaired) electrons. The Labute approximate surface area is 175 Å². The smallest absolute Gasteiger partial charge is 0.250 e. The molecule has 28 heavy (non-hydrogen) atoms. The van der Waals surface area contributed by atoms with Crippen LogP contribution < -0.4 is 5.32 Å². The summed E-state index contributed by atoms with van der Waals surface area (Å²) < 4.78 is 0. The second-order valence-electron chi connectivity index (χ2n) is 6.57. The van der Waals surface area contributed by atoms with E-state index in [1.165, 1.54) is 10.4 Å². The highest BCUT2D eigenvalue weighted by molar-refractivity contribution is 7.15. The summed E-state index contributed by atoms with van der Waals surface area (Å²) in [5, 5.41) is 3.58. The van der Waals surface area contributed by atoms with E-state index in [0.717, 1.165) is 37.3 Å². The van der Waals surface area contributed by atoms with E-state index in [4.69, 9.17) is 0 Å². The molecule has 0 bridgehead atoms. The maximum Gasteiger partial charge on any atom is 0.250 e. The lowest BCUT2D eigenvalue weighted by atomic mass is 10.1. The molecule has 1 N–H and O–H groups in total. The van der Waals surface area contributed by atoms with Crippen LogP contribution >= 0.6 is 23.7 Å². The molecule has 0 fully saturated rings. The number of amides is 1. The van der Waals surface area contributed by atoms with Crippen LogP contribution in [0.1, 0.15) is 21.7 Å². The predicted molar refractivity (Wildman–Crippen MR) is 118 cm³/mol. The van der Waals surface area contributed by atoms with Gasteiger partial charge in [0.25, 0.3) is 0 Å². The quantitative estimate of drug-likeness (QED) is 0.615. The number of aromatic nitrogens is 1. The van der Waals surface area contributed by atoms with Crippen LogP contribution in [0.5, 0.6) is 0 Å². The first-order valence-corrected chi connectivity index (χ1v) is 9.87. The molecule has 3 aromatic rings. The average Bonchev–Trinajstić information content (AvgIpc) is 3.09. The molecule has 1 aromatic heterocycles. The van der Waals surface area contributed by atoms with E-state index in [1.54, 1.807) is 17.4 Å². The molecule has 0 saturated carbocycles. The van der Waals surface area contributed by atoms with Crippen molar-refractivity contribution in [2.45, 2.75) is 19.5 Å². The number of nitrogens with zero attached hydrogens (tertiary/aromatic N) is 2. The number of nitrogens with one attached hydrogen (secondary N) is 1. The number of carbonyl (C=O) groups is 1. The summed E-state index contributed by atoms with van der Waals surface area (Å²) in [5.74, 6) is -0.147. The monoisotopic (exact) mass is 411 g/mol.